The molecule has 1 atom stereocenters. The van der Waals surface area contributed by atoms with Crippen LogP contribution < -0.4 is 5.73 Å². The Bertz CT molecular complexity index is 352. The van der Waals surface area contributed by atoms with Gasteiger partial charge in [-0.1, -0.05) is 6.07 Å². The Morgan fingerprint density at radius 2 is 2.20 bits per heavy atom. The summed E-state index contributed by atoms with van der Waals surface area (Å²) in [7, 11) is 0.681. The zero-order chi connectivity index (χ0) is 11.3. The number of rotatable bonds is 5. The first-order valence-electron chi connectivity index (χ1n) is 4.88. The van der Waals surface area contributed by atoms with Gasteiger partial charge in [0.1, 0.15) is 0 Å². The summed E-state index contributed by atoms with van der Waals surface area (Å²) in [5.74, 6) is 0.623. The number of ether oxygens (including phenoxy) is 1. The maximum atomic E-state index is 11.9. The molecule has 0 heterocycles. The van der Waals surface area contributed by atoms with Crippen LogP contribution in [-0.2, 0) is 15.5 Å². The van der Waals surface area contributed by atoms with E-state index in [1.165, 1.54) is 0 Å². The fourth-order valence-electron chi connectivity index (χ4n) is 1.31. The summed E-state index contributed by atoms with van der Waals surface area (Å²) in [6.45, 7) is 2.59. The van der Waals surface area contributed by atoms with Crippen LogP contribution in [0, 0.1) is 6.92 Å². The highest BCUT2D eigenvalue weighted by molar-refractivity contribution is 7.85. The van der Waals surface area contributed by atoms with E-state index in [1.807, 2.05) is 19.1 Å². The molecule has 1 aromatic rings. The minimum atomic E-state index is -0.967. The molecular weight excluding hydrogens is 210 g/mol. The van der Waals surface area contributed by atoms with Gasteiger partial charge in [0.15, 0.2) is 0 Å². The van der Waals surface area contributed by atoms with Gasteiger partial charge in [-0.05, 0) is 31.0 Å². The van der Waals surface area contributed by atoms with Gasteiger partial charge in [0, 0.05) is 30.1 Å². The van der Waals surface area contributed by atoms with Crippen molar-refractivity contribution >= 4 is 16.5 Å². The van der Waals surface area contributed by atoms with Crippen molar-refractivity contribution in [3.8, 4) is 0 Å². The molecule has 3 nitrogen and oxygen atoms in total. The molecule has 0 aliphatic rings. The van der Waals surface area contributed by atoms with Crippen molar-refractivity contribution in [3.63, 3.8) is 0 Å². The molecule has 0 aliphatic heterocycles. The average molecular weight is 227 g/mol. The van der Waals surface area contributed by atoms with Crippen LogP contribution in [0.1, 0.15) is 12.0 Å². The maximum Gasteiger partial charge on any atom is 0.0533 e. The SMILES string of the molecule is COCCCS(=O)c1cc(N)ccc1C. The van der Waals surface area contributed by atoms with Gasteiger partial charge in [-0.25, -0.2) is 0 Å². The number of methoxy groups -OCH3 is 1. The summed E-state index contributed by atoms with van der Waals surface area (Å²) in [6, 6.07) is 5.52. The predicted molar refractivity (Wildman–Crippen MR) is 63.4 cm³/mol. The summed E-state index contributed by atoms with van der Waals surface area (Å²) < 4.78 is 16.8. The summed E-state index contributed by atoms with van der Waals surface area (Å²) >= 11 is 0. The number of hydrogen-bond donors (Lipinski definition) is 1. The second kappa shape index (κ2) is 5.88. The van der Waals surface area contributed by atoms with Gasteiger partial charge in [-0.3, -0.25) is 4.21 Å². The molecule has 0 saturated carbocycles. The summed E-state index contributed by atoms with van der Waals surface area (Å²) in [4.78, 5) is 0.839. The fraction of sp³-hybridized carbons (Fsp3) is 0.455. The normalized spacial score (nSPS) is 12.7. The molecule has 0 fully saturated rings. The molecule has 15 heavy (non-hydrogen) atoms. The van der Waals surface area contributed by atoms with Crippen molar-refractivity contribution in [1.29, 1.82) is 0 Å². The number of anilines is 1. The van der Waals surface area contributed by atoms with Gasteiger partial charge in [-0.15, -0.1) is 0 Å². The number of benzene rings is 1. The van der Waals surface area contributed by atoms with Gasteiger partial charge >= 0.3 is 0 Å². The van der Waals surface area contributed by atoms with Crippen molar-refractivity contribution in [1.82, 2.24) is 0 Å². The third-order valence-corrected chi connectivity index (χ3v) is 3.73. The van der Waals surface area contributed by atoms with E-state index < -0.39 is 10.8 Å². The van der Waals surface area contributed by atoms with Crippen molar-refractivity contribution in [2.45, 2.75) is 18.2 Å². The molecular formula is C11H17NO2S. The monoisotopic (exact) mass is 227 g/mol. The first-order chi connectivity index (χ1) is 7.15. The lowest BCUT2D eigenvalue weighted by Gasteiger charge is -2.06. The molecule has 84 valence electrons. The first-order valence-corrected chi connectivity index (χ1v) is 6.20. The molecule has 0 saturated heterocycles. The van der Waals surface area contributed by atoms with E-state index in [9.17, 15) is 4.21 Å². The zero-order valence-electron chi connectivity index (χ0n) is 9.16. The Kier molecular flexibility index (Phi) is 4.78. The largest absolute Gasteiger partial charge is 0.399 e. The third-order valence-electron chi connectivity index (χ3n) is 2.14. The Balaban J connectivity index is 2.68. The Hall–Kier alpha value is -0.870. The zero-order valence-corrected chi connectivity index (χ0v) is 9.97. The van der Waals surface area contributed by atoms with E-state index in [4.69, 9.17) is 10.5 Å². The van der Waals surface area contributed by atoms with Gasteiger partial charge in [0.25, 0.3) is 0 Å². The second-order valence-corrected chi connectivity index (χ2v) is 4.96. The molecule has 0 amide bonds. The number of hydrogen-bond acceptors (Lipinski definition) is 3. The Morgan fingerprint density at radius 3 is 2.87 bits per heavy atom. The van der Waals surface area contributed by atoms with E-state index in [0.717, 1.165) is 16.9 Å². The molecule has 0 radical (unpaired) electrons. The van der Waals surface area contributed by atoms with Crippen LogP contribution >= 0.6 is 0 Å². The number of nitrogens with two attached hydrogens (primary N) is 1. The topological polar surface area (TPSA) is 52.3 Å². The Morgan fingerprint density at radius 1 is 1.47 bits per heavy atom. The van der Waals surface area contributed by atoms with Gasteiger partial charge < -0.3 is 10.5 Å². The molecule has 0 aromatic heterocycles. The van der Waals surface area contributed by atoms with E-state index in [1.54, 1.807) is 13.2 Å². The van der Waals surface area contributed by atoms with Crippen LogP contribution in [-0.4, -0.2) is 23.7 Å². The molecule has 2 N–H and O–H groups in total. The smallest absolute Gasteiger partial charge is 0.0533 e. The van der Waals surface area contributed by atoms with Crippen LogP contribution in [0.25, 0.3) is 0 Å². The molecule has 0 bridgehead atoms. The lowest BCUT2D eigenvalue weighted by atomic mass is 10.2. The van der Waals surface area contributed by atoms with Gasteiger partial charge in [-0.2, -0.15) is 0 Å². The second-order valence-electron chi connectivity index (χ2n) is 3.42. The molecule has 1 rings (SSSR count). The fourth-order valence-corrected chi connectivity index (χ4v) is 2.60. The lowest BCUT2D eigenvalue weighted by molar-refractivity contribution is 0.200. The lowest BCUT2D eigenvalue weighted by Crippen LogP contribution is -2.04. The van der Waals surface area contributed by atoms with Crippen LogP contribution in [0.2, 0.25) is 0 Å². The van der Waals surface area contributed by atoms with E-state index in [0.29, 0.717) is 18.0 Å². The van der Waals surface area contributed by atoms with Crippen molar-refractivity contribution in [2.24, 2.45) is 0 Å². The minimum Gasteiger partial charge on any atom is -0.399 e. The first kappa shape index (κ1) is 12.2. The van der Waals surface area contributed by atoms with Gasteiger partial charge in [0.05, 0.1) is 10.8 Å². The average Bonchev–Trinajstić information content (AvgIpc) is 2.22. The van der Waals surface area contributed by atoms with Crippen LogP contribution in [0.4, 0.5) is 5.69 Å². The molecule has 1 aromatic carbocycles. The standard InChI is InChI=1S/C11H17NO2S/c1-9-4-5-10(12)8-11(9)15(13)7-3-6-14-2/h4-5,8H,3,6-7,12H2,1-2H3. The highest BCUT2D eigenvalue weighted by Crippen LogP contribution is 2.17. The summed E-state index contributed by atoms with van der Waals surface area (Å²) in [5, 5.41) is 0. The van der Waals surface area contributed by atoms with E-state index >= 15 is 0 Å². The Labute approximate surface area is 93.1 Å². The highest BCUT2D eigenvalue weighted by Gasteiger charge is 2.07. The van der Waals surface area contributed by atoms with E-state index in [-0.39, 0.29) is 0 Å². The van der Waals surface area contributed by atoms with Crippen molar-refractivity contribution in [2.75, 3.05) is 25.2 Å². The highest BCUT2D eigenvalue weighted by atomic mass is 32.2. The minimum absolute atomic E-state index is 0.623. The molecule has 0 aliphatic carbocycles. The number of aryl methyl sites for hydroxylation is 1. The third kappa shape index (κ3) is 3.64. The number of nitrogen functional groups attached to an aromatic ring is 1. The molecule has 1 unspecified atom stereocenters. The van der Waals surface area contributed by atoms with Crippen molar-refractivity contribution < 1.29 is 8.95 Å². The van der Waals surface area contributed by atoms with Crippen LogP contribution in [0.15, 0.2) is 23.1 Å². The van der Waals surface area contributed by atoms with Crippen LogP contribution in [0.5, 0.6) is 0 Å². The quantitative estimate of drug-likeness (QED) is 0.615. The van der Waals surface area contributed by atoms with Crippen molar-refractivity contribution in [3.05, 3.63) is 23.8 Å². The van der Waals surface area contributed by atoms with Crippen LogP contribution in [0.3, 0.4) is 0 Å². The van der Waals surface area contributed by atoms with E-state index in [2.05, 4.69) is 0 Å². The maximum absolute atomic E-state index is 11.9. The predicted octanol–water partition coefficient (Wildman–Crippen LogP) is 1.72. The summed E-state index contributed by atoms with van der Waals surface area (Å²) in [6.07, 6.45) is 0.803. The van der Waals surface area contributed by atoms with Gasteiger partial charge in [0.2, 0.25) is 0 Å². The molecule has 4 heteroatoms. The summed E-state index contributed by atoms with van der Waals surface area (Å²) in [5.41, 5.74) is 7.35. The molecule has 0 spiro atoms.